The highest BCUT2D eigenvalue weighted by Gasteiger charge is 2.27. The minimum atomic E-state index is -4.71. The summed E-state index contributed by atoms with van der Waals surface area (Å²) in [5.41, 5.74) is 0.0428. The lowest BCUT2D eigenvalue weighted by Crippen LogP contribution is -2.41. The number of amides is 1. The van der Waals surface area contributed by atoms with Crippen LogP contribution in [0.3, 0.4) is 0 Å². The van der Waals surface area contributed by atoms with Crippen LogP contribution in [0, 0.1) is 0 Å². The van der Waals surface area contributed by atoms with Gasteiger partial charge in [0.1, 0.15) is 6.04 Å². The van der Waals surface area contributed by atoms with Crippen LogP contribution in [0.2, 0.25) is 0 Å². The molecule has 0 fully saturated rings. The summed E-state index contributed by atoms with van der Waals surface area (Å²) in [5.74, 6) is -4.15. The average molecular weight is 381 g/mol. The number of halogens is 2. The van der Waals surface area contributed by atoms with Crippen molar-refractivity contribution in [3.8, 4) is 0 Å². The van der Waals surface area contributed by atoms with E-state index in [2.05, 4.69) is 10.1 Å². The third-order valence-electron chi connectivity index (χ3n) is 3.08. The van der Waals surface area contributed by atoms with E-state index < -0.39 is 38.4 Å². The van der Waals surface area contributed by atoms with Crippen molar-refractivity contribution in [2.75, 3.05) is 19.1 Å². The van der Waals surface area contributed by atoms with Gasteiger partial charge in [0.05, 0.1) is 12.0 Å². The van der Waals surface area contributed by atoms with E-state index in [4.69, 9.17) is 0 Å². The summed E-state index contributed by atoms with van der Waals surface area (Å²) >= 11 is 1.49. The molecule has 0 bridgehead atoms. The first-order valence-electron chi connectivity index (χ1n) is 6.73. The van der Waals surface area contributed by atoms with Crippen molar-refractivity contribution in [3.63, 3.8) is 0 Å². The van der Waals surface area contributed by atoms with Crippen LogP contribution < -0.4 is 5.32 Å². The number of benzene rings is 1. The predicted octanol–water partition coefficient (Wildman–Crippen LogP) is 1.71. The number of carbonyl (C=O) groups is 2. The van der Waals surface area contributed by atoms with Crippen LogP contribution in [-0.2, 0) is 19.4 Å². The largest absolute Gasteiger partial charge is 0.467 e. The van der Waals surface area contributed by atoms with E-state index in [1.165, 1.54) is 18.9 Å². The van der Waals surface area contributed by atoms with E-state index in [1.54, 1.807) is 0 Å². The highest BCUT2D eigenvalue weighted by atomic mass is 32.2. The molecule has 1 aromatic carbocycles. The van der Waals surface area contributed by atoms with Crippen LogP contribution in [0.1, 0.15) is 16.8 Å². The maximum atomic E-state index is 12.5. The Kier molecular flexibility index (Phi) is 7.61. The number of sulfone groups is 1. The van der Waals surface area contributed by atoms with Crippen molar-refractivity contribution < 1.29 is 31.5 Å². The molecule has 1 atom stereocenters. The Morgan fingerprint density at radius 2 is 1.83 bits per heavy atom. The number of carbonyl (C=O) groups excluding carboxylic acids is 2. The summed E-state index contributed by atoms with van der Waals surface area (Å²) in [4.78, 5) is 23.2. The molecule has 0 saturated carbocycles. The fourth-order valence-electron chi connectivity index (χ4n) is 1.77. The van der Waals surface area contributed by atoms with Gasteiger partial charge in [-0.3, -0.25) is 4.79 Å². The molecule has 10 heteroatoms. The molecule has 0 aliphatic heterocycles. The zero-order valence-corrected chi connectivity index (χ0v) is 14.6. The van der Waals surface area contributed by atoms with Crippen LogP contribution in [-0.4, -0.2) is 51.2 Å². The van der Waals surface area contributed by atoms with Crippen LogP contribution in [0.4, 0.5) is 8.78 Å². The molecule has 6 nitrogen and oxygen atoms in total. The zero-order valence-electron chi connectivity index (χ0n) is 13.0. The smallest absolute Gasteiger partial charge is 0.341 e. The van der Waals surface area contributed by atoms with Gasteiger partial charge in [-0.25, -0.2) is 13.2 Å². The second kappa shape index (κ2) is 8.97. The fraction of sp³-hybridized carbons (Fsp3) is 0.429. The molecule has 0 spiro atoms. The molecular formula is C14H17F2NO5S2. The van der Waals surface area contributed by atoms with Gasteiger partial charge in [-0.1, -0.05) is 0 Å². The van der Waals surface area contributed by atoms with E-state index in [-0.39, 0.29) is 5.56 Å². The molecule has 1 aromatic rings. The van der Waals surface area contributed by atoms with Crippen molar-refractivity contribution in [2.24, 2.45) is 0 Å². The molecule has 0 heterocycles. The Bertz CT molecular complexity index is 677. The second-order valence-corrected chi connectivity index (χ2v) is 7.56. The van der Waals surface area contributed by atoms with Crippen molar-refractivity contribution in [1.82, 2.24) is 5.32 Å². The fourth-order valence-corrected chi connectivity index (χ4v) is 2.96. The van der Waals surface area contributed by atoms with Crippen molar-refractivity contribution in [1.29, 1.82) is 0 Å². The number of methoxy groups -OCH3 is 1. The van der Waals surface area contributed by atoms with Crippen molar-refractivity contribution in [2.45, 2.75) is 23.1 Å². The molecule has 0 aliphatic rings. The monoisotopic (exact) mass is 381 g/mol. The molecule has 24 heavy (non-hydrogen) atoms. The minimum absolute atomic E-state index is 0.0428. The Hall–Kier alpha value is -1.68. The SMILES string of the molecule is COC(=O)[C@@H](CCSC)NC(=O)c1ccc(S(=O)(=O)C(F)F)cc1. The lowest BCUT2D eigenvalue weighted by Gasteiger charge is -2.16. The Labute approximate surface area is 142 Å². The number of esters is 1. The number of hydrogen-bond donors (Lipinski definition) is 1. The standard InChI is InChI=1S/C14H17F2NO5S2/c1-22-13(19)11(7-8-23-2)17-12(18)9-3-5-10(6-4-9)24(20,21)14(15)16/h3-6,11,14H,7-8H2,1-2H3,(H,17,18)/t11-/m1/s1. The van der Waals surface area contributed by atoms with Gasteiger partial charge in [-0.2, -0.15) is 20.5 Å². The van der Waals surface area contributed by atoms with Crippen molar-refractivity contribution >= 4 is 33.5 Å². The zero-order chi connectivity index (χ0) is 18.3. The van der Waals surface area contributed by atoms with E-state index in [1.807, 2.05) is 6.26 Å². The molecule has 0 aromatic heterocycles. The molecule has 0 radical (unpaired) electrons. The lowest BCUT2D eigenvalue weighted by atomic mass is 10.1. The highest BCUT2D eigenvalue weighted by Crippen LogP contribution is 2.18. The third-order valence-corrected chi connectivity index (χ3v) is 5.12. The van der Waals surface area contributed by atoms with Gasteiger partial charge in [-0.15, -0.1) is 0 Å². The predicted molar refractivity (Wildman–Crippen MR) is 85.9 cm³/mol. The summed E-state index contributed by atoms with van der Waals surface area (Å²) in [5, 5.41) is 2.48. The highest BCUT2D eigenvalue weighted by molar-refractivity contribution is 7.98. The second-order valence-electron chi connectivity index (χ2n) is 4.66. The van der Waals surface area contributed by atoms with Crippen molar-refractivity contribution in [3.05, 3.63) is 29.8 Å². The van der Waals surface area contributed by atoms with E-state index in [0.717, 1.165) is 24.3 Å². The number of ether oxygens (including phenoxy) is 1. The van der Waals surface area contributed by atoms with Gasteiger partial charge >= 0.3 is 11.7 Å². The molecule has 1 N–H and O–H groups in total. The van der Waals surface area contributed by atoms with E-state index >= 15 is 0 Å². The first-order chi connectivity index (χ1) is 11.2. The summed E-state index contributed by atoms with van der Waals surface area (Å²) in [6.45, 7) is 0. The third kappa shape index (κ3) is 5.17. The lowest BCUT2D eigenvalue weighted by molar-refractivity contribution is -0.142. The van der Waals surface area contributed by atoms with Crippen LogP contribution in [0.15, 0.2) is 29.2 Å². The van der Waals surface area contributed by atoms with Crippen LogP contribution >= 0.6 is 11.8 Å². The van der Waals surface area contributed by atoms with Gasteiger partial charge in [0.25, 0.3) is 5.91 Å². The van der Waals surface area contributed by atoms with E-state index in [9.17, 15) is 26.8 Å². The first-order valence-corrected chi connectivity index (χ1v) is 9.67. The number of rotatable bonds is 8. The molecule has 1 rings (SSSR count). The summed E-state index contributed by atoms with van der Waals surface area (Å²) in [7, 11) is -3.51. The summed E-state index contributed by atoms with van der Waals surface area (Å²) in [6.07, 6.45) is 2.20. The van der Waals surface area contributed by atoms with Gasteiger partial charge < -0.3 is 10.1 Å². The molecular weight excluding hydrogens is 364 g/mol. The molecule has 1 amide bonds. The maximum Gasteiger partial charge on any atom is 0.341 e. The Morgan fingerprint density at radius 1 is 1.25 bits per heavy atom. The van der Waals surface area contributed by atoms with Gasteiger partial charge in [0.2, 0.25) is 9.84 Å². The molecule has 0 aliphatic carbocycles. The Morgan fingerprint density at radius 3 is 2.29 bits per heavy atom. The Balaban J connectivity index is 2.89. The molecule has 134 valence electrons. The van der Waals surface area contributed by atoms with Gasteiger partial charge in [0, 0.05) is 5.56 Å². The number of nitrogens with one attached hydrogen (secondary N) is 1. The quantitative estimate of drug-likeness (QED) is 0.690. The number of alkyl halides is 2. The first kappa shape index (κ1) is 20.4. The number of hydrogen-bond acceptors (Lipinski definition) is 6. The average Bonchev–Trinajstić information content (AvgIpc) is 2.57. The minimum Gasteiger partial charge on any atom is -0.467 e. The summed E-state index contributed by atoms with van der Waals surface area (Å²) < 4.78 is 52.2. The van der Waals surface area contributed by atoms with E-state index in [0.29, 0.717) is 12.2 Å². The van der Waals surface area contributed by atoms with Crippen LogP contribution in [0.5, 0.6) is 0 Å². The van der Waals surface area contributed by atoms with Gasteiger partial charge in [-0.05, 0) is 42.7 Å². The summed E-state index contributed by atoms with van der Waals surface area (Å²) in [6, 6.07) is 3.21. The van der Waals surface area contributed by atoms with Crippen LogP contribution in [0.25, 0.3) is 0 Å². The molecule has 0 saturated heterocycles. The topological polar surface area (TPSA) is 89.5 Å². The normalized spacial score (nSPS) is 12.7. The number of thioether (sulfide) groups is 1. The maximum absolute atomic E-state index is 12.5. The van der Waals surface area contributed by atoms with Gasteiger partial charge in [0.15, 0.2) is 0 Å². The molecule has 0 unspecified atom stereocenters.